The maximum atomic E-state index is 12.2. The van der Waals surface area contributed by atoms with Crippen LogP contribution in [-0.4, -0.2) is 19.5 Å². The minimum absolute atomic E-state index is 0.0915. The SMILES string of the molecule is Nc1ccc(=O)n(CCS(=O)c2ccccc2[N+](=O)[O-])c1. The Morgan fingerprint density at radius 1 is 1.24 bits per heavy atom. The van der Waals surface area contributed by atoms with Gasteiger partial charge in [0, 0.05) is 36.3 Å². The molecule has 0 saturated carbocycles. The molecule has 8 heteroatoms. The highest BCUT2D eigenvalue weighted by Crippen LogP contribution is 2.21. The number of pyridine rings is 1. The number of rotatable bonds is 5. The normalized spacial score (nSPS) is 12.0. The van der Waals surface area contributed by atoms with Gasteiger partial charge in [-0.1, -0.05) is 12.1 Å². The molecule has 7 nitrogen and oxygen atoms in total. The van der Waals surface area contributed by atoms with E-state index in [9.17, 15) is 19.1 Å². The van der Waals surface area contributed by atoms with Crippen LogP contribution < -0.4 is 11.3 Å². The zero-order valence-corrected chi connectivity index (χ0v) is 11.8. The van der Waals surface area contributed by atoms with Crippen molar-refractivity contribution in [3.63, 3.8) is 0 Å². The van der Waals surface area contributed by atoms with Crippen LogP contribution in [0.25, 0.3) is 0 Å². The van der Waals surface area contributed by atoms with Crippen LogP contribution in [0.3, 0.4) is 0 Å². The topological polar surface area (TPSA) is 108 Å². The van der Waals surface area contributed by atoms with Gasteiger partial charge in [-0.15, -0.1) is 0 Å². The second-order valence-electron chi connectivity index (χ2n) is 4.27. The molecule has 0 aliphatic carbocycles. The van der Waals surface area contributed by atoms with Gasteiger partial charge in [0.15, 0.2) is 0 Å². The maximum absolute atomic E-state index is 12.2. The van der Waals surface area contributed by atoms with Gasteiger partial charge in [0.2, 0.25) is 0 Å². The Morgan fingerprint density at radius 3 is 2.67 bits per heavy atom. The molecule has 0 bridgehead atoms. The van der Waals surface area contributed by atoms with Crippen LogP contribution in [0.1, 0.15) is 0 Å². The molecule has 0 aliphatic rings. The molecule has 0 fully saturated rings. The van der Waals surface area contributed by atoms with Crippen LogP contribution >= 0.6 is 0 Å². The van der Waals surface area contributed by atoms with Crippen molar-refractivity contribution in [1.29, 1.82) is 0 Å². The van der Waals surface area contributed by atoms with Crippen LogP contribution in [0.15, 0.2) is 52.3 Å². The number of para-hydroxylation sites is 1. The van der Waals surface area contributed by atoms with E-state index in [2.05, 4.69) is 0 Å². The summed E-state index contributed by atoms with van der Waals surface area (Å²) in [7, 11) is -1.57. The Morgan fingerprint density at radius 2 is 1.95 bits per heavy atom. The molecule has 0 aliphatic heterocycles. The molecule has 1 aromatic heterocycles. The van der Waals surface area contributed by atoms with Gasteiger partial charge < -0.3 is 10.3 Å². The third-order valence-electron chi connectivity index (χ3n) is 2.83. The fourth-order valence-corrected chi connectivity index (χ4v) is 3.00. The Bertz CT molecular complexity index is 757. The van der Waals surface area contributed by atoms with E-state index in [0.29, 0.717) is 5.69 Å². The van der Waals surface area contributed by atoms with Gasteiger partial charge in [0.25, 0.3) is 11.2 Å². The van der Waals surface area contributed by atoms with Crippen LogP contribution in [0.2, 0.25) is 0 Å². The van der Waals surface area contributed by atoms with Crippen LogP contribution in [0.5, 0.6) is 0 Å². The van der Waals surface area contributed by atoms with E-state index >= 15 is 0 Å². The number of aromatic nitrogens is 1. The molecule has 2 N–H and O–H groups in total. The number of aryl methyl sites for hydroxylation is 1. The minimum Gasteiger partial charge on any atom is -0.398 e. The van der Waals surface area contributed by atoms with Crippen molar-refractivity contribution in [3.05, 3.63) is 63.1 Å². The lowest BCUT2D eigenvalue weighted by Gasteiger charge is -2.07. The third kappa shape index (κ3) is 3.54. The summed E-state index contributed by atoms with van der Waals surface area (Å²) >= 11 is 0. The van der Waals surface area contributed by atoms with E-state index < -0.39 is 15.7 Å². The summed E-state index contributed by atoms with van der Waals surface area (Å²) in [6.45, 7) is 0.169. The molecule has 1 heterocycles. The predicted molar refractivity (Wildman–Crippen MR) is 79.5 cm³/mol. The lowest BCUT2D eigenvalue weighted by molar-refractivity contribution is -0.387. The molecule has 21 heavy (non-hydrogen) atoms. The van der Waals surface area contributed by atoms with Crippen LogP contribution in [-0.2, 0) is 17.3 Å². The standard InChI is InChI=1S/C13H13N3O4S/c14-10-5-6-13(17)15(9-10)7-8-21(20)12-4-2-1-3-11(12)16(18)19/h1-6,9H,7-8,14H2. The van der Waals surface area contributed by atoms with Crippen LogP contribution in [0.4, 0.5) is 11.4 Å². The summed E-state index contributed by atoms with van der Waals surface area (Å²) < 4.78 is 13.5. The van der Waals surface area contributed by atoms with Crippen molar-refractivity contribution in [2.24, 2.45) is 0 Å². The first-order valence-electron chi connectivity index (χ1n) is 6.07. The molecule has 1 aromatic carbocycles. The number of anilines is 1. The Kier molecular flexibility index (Phi) is 4.49. The molecule has 1 unspecified atom stereocenters. The monoisotopic (exact) mass is 307 g/mol. The molecular weight excluding hydrogens is 294 g/mol. The average Bonchev–Trinajstić information content (AvgIpc) is 2.47. The van der Waals surface area contributed by atoms with E-state index in [1.807, 2.05) is 0 Å². The van der Waals surface area contributed by atoms with Gasteiger partial charge in [-0.05, 0) is 12.1 Å². The zero-order chi connectivity index (χ0) is 15.4. The number of hydrogen-bond donors (Lipinski definition) is 1. The molecule has 110 valence electrons. The molecular formula is C13H13N3O4S. The van der Waals surface area contributed by atoms with Crippen LogP contribution in [0, 0.1) is 10.1 Å². The fraction of sp³-hybridized carbons (Fsp3) is 0.154. The maximum Gasteiger partial charge on any atom is 0.285 e. The van der Waals surface area contributed by atoms with Gasteiger partial charge in [-0.2, -0.15) is 0 Å². The summed E-state index contributed by atoms with van der Waals surface area (Å²) in [5, 5.41) is 10.9. The first-order chi connectivity index (χ1) is 9.99. The minimum atomic E-state index is -1.57. The molecule has 2 rings (SSSR count). The van der Waals surface area contributed by atoms with Crippen molar-refractivity contribution in [2.75, 3.05) is 11.5 Å². The summed E-state index contributed by atoms with van der Waals surface area (Å²) in [5.41, 5.74) is 5.56. The molecule has 1 atom stereocenters. The van der Waals surface area contributed by atoms with Crippen molar-refractivity contribution in [1.82, 2.24) is 4.57 Å². The van der Waals surface area contributed by atoms with Gasteiger partial charge in [0.05, 0.1) is 15.7 Å². The second-order valence-corrected chi connectivity index (χ2v) is 5.81. The molecule has 0 saturated heterocycles. The number of benzene rings is 1. The lowest BCUT2D eigenvalue weighted by atomic mass is 10.3. The summed E-state index contributed by atoms with van der Waals surface area (Å²) in [6.07, 6.45) is 1.46. The number of nitrogens with two attached hydrogens (primary N) is 1. The number of nitro groups is 1. The van der Waals surface area contributed by atoms with E-state index in [4.69, 9.17) is 5.73 Å². The highest BCUT2D eigenvalue weighted by atomic mass is 32.2. The fourth-order valence-electron chi connectivity index (χ4n) is 1.82. The zero-order valence-electron chi connectivity index (χ0n) is 11.0. The molecule has 2 aromatic rings. The van der Waals surface area contributed by atoms with Crippen molar-refractivity contribution in [2.45, 2.75) is 11.4 Å². The van der Waals surface area contributed by atoms with E-state index in [0.717, 1.165) is 0 Å². The number of nitrogen functional groups attached to an aromatic ring is 1. The first-order valence-corrected chi connectivity index (χ1v) is 7.38. The van der Waals surface area contributed by atoms with E-state index in [1.54, 1.807) is 6.07 Å². The van der Waals surface area contributed by atoms with Crippen molar-refractivity contribution in [3.8, 4) is 0 Å². The molecule has 0 radical (unpaired) electrons. The quantitative estimate of drug-likeness (QED) is 0.658. The predicted octanol–water partition coefficient (Wildman–Crippen LogP) is 1.15. The van der Waals surface area contributed by atoms with E-state index in [-0.39, 0.29) is 28.4 Å². The largest absolute Gasteiger partial charge is 0.398 e. The third-order valence-corrected chi connectivity index (χ3v) is 4.22. The smallest absolute Gasteiger partial charge is 0.285 e. The molecule has 0 spiro atoms. The number of hydrogen-bond acceptors (Lipinski definition) is 5. The highest BCUT2D eigenvalue weighted by molar-refractivity contribution is 7.85. The Labute approximate surface area is 122 Å². The van der Waals surface area contributed by atoms with E-state index in [1.165, 1.54) is 41.1 Å². The van der Waals surface area contributed by atoms with Gasteiger partial charge in [-0.25, -0.2) is 0 Å². The average molecular weight is 307 g/mol. The summed E-state index contributed by atoms with van der Waals surface area (Å²) in [6, 6.07) is 8.67. The molecule has 0 amide bonds. The van der Waals surface area contributed by atoms with Gasteiger partial charge >= 0.3 is 0 Å². The summed E-state index contributed by atoms with van der Waals surface area (Å²) in [4.78, 5) is 22.1. The Balaban J connectivity index is 2.18. The van der Waals surface area contributed by atoms with Gasteiger partial charge in [-0.3, -0.25) is 19.1 Å². The Hall–Kier alpha value is -2.48. The first kappa shape index (κ1) is 14.9. The van der Waals surface area contributed by atoms with Crippen molar-refractivity contribution < 1.29 is 9.13 Å². The van der Waals surface area contributed by atoms with Gasteiger partial charge in [0.1, 0.15) is 4.90 Å². The number of nitro benzene ring substituents is 1. The second kappa shape index (κ2) is 6.31. The lowest BCUT2D eigenvalue weighted by Crippen LogP contribution is -2.22. The summed E-state index contributed by atoms with van der Waals surface area (Å²) in [5.74, 6) is 0.0915. The highest BCUT2D eigenvalue weighted by Gasteiger charge is 2.17. The van der Waals surface area contributed by atoms with Crippen molar-refractivity contribution >= 4 is 22.2 Å². The number of nitrogens with zero attached hydrogens (tertiary/aromatic N) is 2.